The molecule has 0 aromatic carbocycles. The van der Waals surface area contributed by atoms with Crippen LogP contribution in [0.1, 0.15) is 11.1 Å². The molecule has 0 bridgehead atoms. The van der Waals surface area contributed by atoms with Crippen molar-refractivity contribution in [2.24, 2.45) is 0 Å². The third kappa shape index (κ3) is 3.37. The van der Waals surface area contributed by atoms with E-state index in [-0.39, 0.29) is 22.5 Å². The molecule has 0 unspecified atom stereocenters. The summed E-state index contributed by atoms with van der Waals surface area (Å²) in [4.78, 5) is 21.0. The van der Waals surface area contributed by atoms with Crippen molar-refractivity contribution in [2.45, 2.75) is 6.18 Å². The first-order chi connectivity index (χ1) is 9.81. The molecule has 0 fully saturated rings. The number of hydrogen-bond acceptors (Lipinski definition) is 5. The van der Waals surface area contributed by atoms with E-state index < -0.39 is 17.3 Å². The van der Waals surface area contributed by atoms with Crippen molar-refractivity contribution >= 4 is 29.5 Å². The van der Waals surface area contributed by atoms with Crippen LogP contribution in [-0.2, 0) is 6.18 Å². The number of anilines is 2. The Kier molecular flexibility index (Phi) is 3.94. The molecule has 21 heavy (non-hydrogen) atoms. The molecule has 0 aliphatic carbocycles. The number of halogens is 4. The maximum atomic E-state index is 12.4. The molecular formula is C11H7ClF3N5O. The van der Waals surface area contributed by atoms with Crippen LogP contribution in [0.25, 0.3) is 0 Å². The van der Waals surface area contributed by atoms with Crippen LogP contribution in [0.3, 0.4) is 0 Å². The number of aromatic amines is 1. The number of H-pyrrole nitrogens is 1. The third-order valence-electron chi connectivity index (χ3n) is 2.41. The lowest BCUT2D eigenvalue weighted by Crippen LogP contribution is -2.17. The highest BCUT2D eigenvalue weighted by atomic mass is 35.5. The minimum Gasteiger partial charge on any atom is -0.324 e. The molecule has 2 heterocycles. The van der Waals surface area contributed by atoms with Gasteiger partial charge in [0.05, 0.1) is 5.56 Å². The van der Waals surface area contributed by atoms with Crippen molar-refractivity contribution < 1.29 is 13.2 Å². The second kappa shape index (κ2) is 5.52. The largest absolute Gasteiger partial charge is 0.417 e. The molecule has 0 spiro atoms. The average molecular weight is 318 g/mol. The molecule has 0 radical (unpaired) electrons. The Morgan fingerprint density at radius 2 is 2.10 bits per heavy atom. The number of rotatable bonds is 3. The van der Waals surface area contributed by atoms with Gasteiger partial charge in [0.2, 0.25) is 5.28 Å². The predicted molar refractivity (Wildman–Crippen MR) is 70.3 cm³/mol. The summed E-state index contributed by atoms with van der Waals surface area (Å²) < 4.78 is 37.2. The molecule has 2 aromatic heterocycles. The monoisotopic (exact) mass is 317 g/mol. The van der Waals surface area contributed by atoms with E-state index in [1.165, 1.54) is 0 Å². The summed E-state index contributed by atoms with van der Waals surface area (Å²) in [6, 6.07) is 1.90. The number of nitrogens with one attached hydrogen (secondary N) is 3. The van der Waals surface area contributed by atoms with Crippen LogP contribution < -0.4 is 10.9 Å². The summed E-state index contributed by atoms with van der Waals surface area (Å²) in [5.41, 5.74) is -1.68. The quantitative estimate of drug-likeness (QED) is 0.599. The van der Waals surface area contributed by atoms with Crippen LogP contribution >= 0.6 is 11.6 Å². The molecule has 0 amide bonds. The van der Waals surface area contributed by atoms with Gasteiger partial charge < -0.3 is 10.7 Å². The first kappa shape index (κ1) is 15.0. The van der Waals surface area contributed by atoms with Gasteiger partial charge in [0, 0.05) is 12.4 Å². The van der Waals surface area contributed by atoms with E-state index >= 15 is 0 Å². The Labute approximate surface area is 120 Å². The fourth-order valence-electron chi connectivity index (χ4n) is 1.44. The molecule has 0 saturated heterocycles. The minimum absolute atomic E-state index is 0.0280. The zero-order chi connectivity index (χ0) is 15.6. The molecule has 10 heteroatoms. The van der Waals surface area contributed by atoms with Crippen LogP contribution in [0, 0.1) is 5.41 Å². The van der Waals surface area contributed by atoms with Crippen LogP contribution in [0.4, 0.5) is 24.8 Å². The Bertz CT molecular complexity index is 726. The first-order valence-corrected chi connectivity index (χ1v) is 5.79. The molecule has 0 aliphatic heterocycles. The van der Waals surface area contributed by atoms with Crippen LogP contribution in [-0.4, -0.2) is 21.2 Å². The highest BCUT2D eigenvalue weighted by Crippen LogP contribution is 2.29. The van der Waals surface area contributed by atoms with Crippen LogP contribution in [0.15, 0.2) is 23.1 Å². The van der Waals surface area contributed by atoms with Gasteiger partial charge in [0.1, 0.15) is 17.2 Å². The smallest absolute Gasteiger partial charge is 0.324 e. The van der Waals surface area contributed by atoms with Gasteiger partial charge in [-0.15, -0.1) is 0 Å². The standard InChI is InChI=1S/C11H7ClF3N5O/c12-10-19-8(6(3-16)9(21)20-10)18-7-2-1-5(4-17-7)11(13,14)15/h1-4,16H,(H2,17,18,19,20,21). The molecule has 0 aliphatic rings. The van der Waals surface area contributed by atoms with Crippen molar-refractivity contribution in [3.05, 3.63) is 45.1 Å². The maximum Gasteiger partial charge on any atom is 0.417 e. The van der Waals surface area contributed by atoms with Crippen molar-refractivity contribution in [2.75, 3.05) is 5.32 Å². The molecule has 0 atom stereocenters. The molecule has 3 N–H and O–H groups in total. The normalized spacial score (nSPS) is 11.2. The highest BCUT2D eigenvalue weighted by molar-refractivity contribution is 6.28. The highest BCUT2D eigenvalue weighted by Gasteiger charge is 2.30. The van der Waals surface area contributed by atoms with Gasteiger partial charge in [-0.1, -0.05) is 0 Å². The lowest BCUT2D eigenvalue weighted by atomic mass is 10.2. The van der Waals surface area contributed by atoms with E-state index in [0.717, 1.165) is 18.3 Å². The molecule has 2 aromatic rings. The fraction of sp³-hybridized carbons (Fsp3) is 0.0909. The van der Waals surface area contributed by atoms with Crippen LogP contribution in [0.5, 0.6) is 0 Å². The van der Waals surface area contributed by atoms with Crippen molar-refractivity contribution in [1.29, 1.82) is 5.41 Å². The molecular weight excluding hydrogens is 311 g/mol. The summed E-state index contributed by atoms with van der Waals surface area (Å²) in [5.74, 6) is -0.0497. The molecule has 6 nitrogen and oxygen atoms in total. The topological polar surface area (TPSA) is 94.5 Å². The predicted octanol–water partition coefficient (Wildman–Crippen LogP) is 2.58. The van der Waals surface area contributed by atoms with Crippen molar-refractivity contribution in [3.8, 4) is 0 Å². The van der Waals surface area contributed by atoms with Crippen molar-refractivity contribution in [1.82, 2.24) is 15.0 Å². The zero-order valence-electron chi connectivity index (χ0n) is 10.1. The second-order valence-electron chi connectivity index (χ2n) is 3.82. The molecule has 110 valence electrons. The second-order valence-corrected chi connectivity index (χ2v) is 4.18. The number of alkyl halides is 3. The van der Waals surface area contributed by atoms with Gasteiger partial charge in [-0.2, -0.15) is 13.2 Å². The van der Waals surface area contributed by atoms with E-state index in [1.54, 1.807) is 0 Å². The van der Waals surface area contributed by atoms with E-state index in [2.05, 4.69) is 20.3 Å². The summed E-state index contributed by atoms with van der Waals surface area (Å²) in [5, 5.41) is 9.46. The van der Waals surface area contributed by atoms with Gasteiger partial charge >= 0.3 is 6.18 Å². The van der Waals surface area contributed by atoms with Gasteiger partial charge in [-0.05, 0) is 23.7 Å². The van der Waals surface area contributed by atoms with Gasteiger partial charge in [-0.3, -0.25) is 9.78 Å². The van der Waals surface area contributed by atoms with Gasteiger partial charge in [-0.25, -0.2) is 9.97 Å². The summed E-state index contributed by atoms with van der Waals surface area (Å²) >= 11 is 5.58. The van der Waals surface area contributed by atoms with Gasteiger partial charge in [0.25, 0.3) is 5.56 Å². The van der Waals surface area contributed by atoms with E-state index in [1.807, 2.05) is 0 Å². The van der Waals surface area contributed by atoms with Crippen molar-refractivity contribution in [3.63, 3.8) is 0 Å². The van der Waals surface area contributed by atoms with E-state index in [0.29, 0.717) is 6.20 Å². The number of pyridine rings is 1. The summed E-state index contributed by atoms with van der Waals surface area (Å²) in [7, 11) is 0. The van der Waals surface area contributed by atoms with E-state index in [4.69, 9.17) is 17.0 Å². The SMILES string of the molecule is N=Cc1c(Nc2ccc(C(F)(F)F)cn2)nc(Cl)[nH]c1=O. The number of hydrogen-bond donors (Lipinski definition) is 3. The molecule has 0 saturated carbocycles. The Hall–Kier alpha value is -2.42. The Morgan fingerprint density at radius 1 is 1.38 bits per heavy atom. The third-order valence-corrected chi connectivity index (χ3v) is 2.59. The summed E-state index contributed by atoms with van der Waals surface area (Å²) in [6.45, 7) is 0. The van der Waals surface area contributed by atoms with Gasteiger partial charge in [0.15, 0.2) is 0 Å². The van der Waals surface area contributed by atoms with Crippen LogP contribution in [0.2, 0.25) is 5.28 Å². The molecule has 2 rings (SSSR count). The first-order valence-electron chi connectivity index (χ1n) is 5.42. The number of nitrogens with zero attached hydrogens (tertiary/aromatic N) is 2. The average Bonchev–Trinajstić information content (AvgIpc) is 2.38. The zero-order valence-corrected chi connectivity index (χ0v) is 10.9. The number of aromatic nitrogens is 3. The Balaban J connectivity index is 2.35. The lowest BCUT2D eigenvalue weighted by molar-refractivity contribution is -0.137. The maximum absolute atomic E-state index is 12.4. The lowest BCUT2D eigenvalue weighted by Gasteiger charge is -2.09. The Morgan fingerprint density at radius 3 is 2.62 bits per heavy atom. The van der Waals surface area contributed by atoms with E-state index in [9.17, 15) is 18.0 Å². The summed E-state index contributed by atoms with van der Waals surface area (Å²) in [6.07, 6.45) is -3.10. The fourth-order valence-corrected chi connectivity index (χ4v) is 1.61. The minimum atomic E-state index is -4.49.